The molecule has 0 radical (unpaired) electrons. The van der Waals surface area contributed by atoms with Gasteiger partial charge in [-0.1, -0.05) is 6.42 Å². The zero-order valence-corrected chi connectivity index (χ0v) is 8.23. The van der Waals surface area contributed by atoms with Crippen LogP contribution in [0.2, 0.25) is 0 Å². The zero-order valence-electron chi connectivity index (χ0n) is 7.42. The molecule has 2 heteroatoms. The van der Waals surface area contributed by atoms with Crippen LogP contribution in [0, 0.1) is 5.92 Å². The van der Waals surface area contributed by atoms with E-state index in [0.29, 0.717) is 6.04 Å². The number of hydrogen-bond acceptors (Lipinski definition) is 2. The maximum absolute atomic E-state index is 3.53. The highest BCUT2D eigenvalue weighted by atomic mass is 32.1. The van der Waals surface area contributed by atoms with Crippen molar-refractivity contribution < 1.29 is 0 Å². The van der Waals surface area contributed by atoms with Crippen molar-refractivity contribution in [1.29, 1.82) is 0 Å². The molecule has 0 amide bonds. The first kappa shape index (κ1) is 8.11. The summed E-state index contributed by atoms with van der Waals surface area (Å²) in [5, 5.41) is 7.83. The summed E-state index contributed by atoms with van der Waals surface area (Å²) in [6.07, 6.45) is 4.26. The molecule has 0 saturated heterocycles. The molecule has 1 saturated carbocycles. The van der Waals surface area contributed by atoms with E-state index >= 15 is 0 Å². The van der Waals surface area contributed by atoms with Crippen molar-refractivity contribution in [3.05, 3.63) is 16.8 Å². The second-order valence-electron chi connectivity index (χ2n) is 3.64. The first-order chi connectivity index (χ1) is 5.86. The third kappa shape index (κ3) is 1.63. The molecule has 0 spiro atoms. The number of hydrogen-bond donors (Lipinski definition) is 1. The average molecular weight is 181 g/mol. The Kier molecular flexibility index (Phi) is 2.35. The van der Waals surface area contributed by atoms with Crippen LogP contribution in [0.3, 0.4) is 0 Å². The lowest BCUT2D eigenvalue weighted by Crippen LogP contribution is -2.30. The summed E-state index contributed by atoms with van der Waals surface area (Å²) in [5.74, 6) is 0.921. The molecule has 0 aliphatic heterocycles. The minimum absolute atomic E-state index is 0.661. The van der Waals surface area contributed by atoms with Gasteiger partial charge in [-0.3, -0.25) is 0 Å². The normalized spacial score (nSPS) is 20.1. The lowest BCUT2D eigenvalue weighted by atomic mass is 9.80. The predicted octanol–water partition coefficient (Wildman–Crippen LogP) is 3.35. The third-order valence-electron chi connectivity index (χ3n) is 2.77. The molecule has 0 aromatic carbocycles. The van der Waals surface area contributed by atoms with E-state index < -0.39 is 0 Å². The van der Waals surface area contributed by atoms with Gasteiger partial charge in [0.05, 0.1) is 0 Å². The van der Waals surface area contributed by atoms with Gasteiger partial charge in [-0.05, 0) is 37.1 Å². The van der Waals surface area contributed by atoms with Gasteiger partial charge in [-0.15, -0.1) is 0 Å². The van der Waals surface area contributed by atoms with Crippen LogP contribution in [0.5, 0.6) is 0 Å². The molecule has 66 valence electrons. The molecule has 1 fully saturated rings. The van der Waals surface area contributed by atoms with Crippen LogP contribution in [-0.4, -0.2) is 6.04 Å². The average Bonchev–Trinajstić information content (AvgIpc) is 2.34. The molecule has 2 rings (SSSR count). The van der Waals surface area contributed by atoms with E-state index in [1.807, 2.05) is 0 Å². The molecular weight excluding hydrogens is 166 g/mol. The summed E-state index contributed by atoms with van der Waals surface area (Å²) >= 11 is 1.76. The van der Waals surface area contributed by atoms with Gasteiger partial charge in [0.25, 0.3) is 0 Å². The van der Waals surface area contributed by atoms with E-state index in [1.54, 1.807) is 11.3 Å². The van der Waals surface area contributed by atoms with Gasteiger partial charge in [-0.25, -0.2) is 0 Å². The Morgan fingerprint density at radius 3 is 2.92 bits per heavy atom. The Bertz CT molecular complexity index is 226. The van der Waals surface area contributed by atoms with Gasteiger partial charge in [0.1, 0.15) is 0 Å². The number of thiophene rings is 1. The lowest BCUT2D eigenvalue weighted by Gasteiger charge is -2.32. The van der Waals surface area contributed by atoms with Crippen LogP contribution in [0.25, 0.3) is 0 Å². The molecule has 1 aliphatic carbocycles. The van der Waals surface area contributed by atoms with E-state index in [9.17, 15) is 0 Å². The van der Waals surface area contributed by atoms with Crippen molar-refractivity contribution >= 4 is 17.0 Å². The highest BCUT2D eigenvalue weighted by Crippen LogP contribution is 2.31. The Balaban J connectivity index is 1.86. The van der Waals surface area contributed by atoms with Crippen molar-refractivity contribution in [3.8, 4) is 0 Å². The number of anilines is 1. The molecule has 1 nitrogen and oxygen atoms in total. The molecular formula is C10H15NS. The Morgan fingerprint density at radius 1 is 1.58 bits per heavy atom. The number of rotatable bonds is 3. The largest absolute Gasteiger partial charge is 0.382 e. The van der Waals surface area contributed by atoms with Gasteiger partial charge < -0.3 is 5.32 Å². The molecule has 1 aliphatic rings. The van der Waals surface area contributed by atoms with Crippen molar-refractivity contribution in [2.24, 2.45) is 5.92 Å². The van der Waals surface area contributed by atoms with Crippen molar-refractivity contribution in [1.82, 2.24) is 0 Å². The smallest absolute Gasteiger partial charge is 0.0450 e. The van der Waals surface area contributed by atoms with E-state index in [1.165, 1.54) is 24.9 Å². The Hall–Kier alpha value is -0.500. The summed E-state index contributed by atoms with van der Waals surface area (Å²) in [5.41, 5.74) is 1.29. The molecule has 1 atom stereocenters. The van der Waals surface area contributed by atoms with Gasteiger partial charge in [0.15, 0.2) is 0 Å². The molecule has 1 unspecified atom stereocenters. The van der Waals surface area contributed by atoms with Crippen molar-refractivity contribution in [2.45, 2.75) is 32.2 Å². The molecule has 1 heterocycles. The third-order valence-corrected chi connectivity index (χ3v) is 3.46. The predicted molar refractivity (Wildman–Crippen MR) is 54.7 cm³/mol. The highest BCUT2D eigenvalue weighted by Gasteiger charge is 2.23. The zero-order chi connectivity index (χ0) is 8.39. The van der Waals surface area contributed by atoms with Crippen LogP contribution < -0.4 is 5.32 Å². The van der Waals surface area contributed by atoms with Crippen LogP contribution in [0.15, 0.2) is 16.8 Å². The van der Waals surface area contributed by atoms with Crippen LogP contribution in [0.4, 0.5) is 5.69 Å². The molecule has 1 aromatic heterocycles. The molecule has 1 aromatic rings. The fraction of sp³-hybridized carbons (Fsp3) is 0.600. The minimum atomic E-state index is 0.661. The maximum Gasteiger partial charge on any atom is 0.0450 e. The first-order valence-electron chi connectivity index (χ1n) is 4.65. The quantitative estimate of drug-likeness (QED) is 0.754. The van der Waals surface area contributed by atoms with Gasteiger partial charge in [-0.2, -0.15) is 11.3 Å². The summed E-state index contributed by atoms with van der Waals surface area (Å²) in [6.45, 7) is 2.29. The summed E-state index contributed by atoms with van der Waals surface area (Å²) in [7, 11) is 0. The second-order valence-corrected chi connectivity index (χ2v) is 4.42. The minimum Gasteiger partial charge on any atom is -0.382 e. The van der Waals surface area contributed by atoms with Crippen molar-refractivity contribution in [3.63, 3.8) is 0 Å². The topological polar surface area (TPSA) is 12.0 Å². The monoisotopic (exact) mass is 181 g/mol. The molecule has 12 heavy (non-hydrogen) atoms. The Morgan fingerprint density at radius 2 is 2.42 bits per heavy atom. The van der Waals surface area contributed by atoms with Gasteiger partial charge in [0, 0.05) is 17.1 Å². The van der Waals surface area contributed by atoms with Gasteiger partial charge >= 0.3 is 0 Å². The SMILES string of the molecule is CC(Nc1ccsc1)C1CCC1. The van der Waals surface area contributed by atoms with E-state index in [-0.39, 0.29) is 0 Å². The van der Waals surface area contributed by atoms with Crippen molar-refractivity contribution in [2.75, 3.05) is 5.32 Å². The van der Waals surface area contributed by atoms with Crippen LogP contribution >= 0.6 is 11.3 Å². The summed E-state index contributed by atoms with van der Waals surface area (Å²) < 4.78 is 0. The van der Waals surface area contributed by atoms with Crippen LogP contribution in [0.1, 0.15) is 26.2 Å². The summed E-state index contributed by atoms with van der Waals surface area (Å²) in [6, 6.07) is 2.81. The Labute approximate surface area is 77.8 Å². The second kappa shape index (κ2) is 3.48. The van der Waals surface area contributed by atoms with E-state index in [0.717, 1.165) is 5.92 Å². The van der Waals surface area contributed by atoms with Crippen LogP contribution in [-0.2, 0) is 0 Å². The summed E-state index contributed by atoms with van der Waals surface area (Å²) in [4.78, 5) is 0. The first-order valence-corrected chi connectivity index (χ1v) is 5.59. The standard InChI is InChI=1S/C10H15NS/c1-8(9-3-2-4-9)11-10-5-6-12-7-10/h5-9,11H,2-4H2,1H3. The van der Waals surface area contributed by atoms with E-state index in [4.69, 9.17) is 0 Å². The number of nitrogens with one attached hydrogen (secondary N) is 1. The highest BCUT2D eigenvalue weighted by molar-refractivity contribution is 7.08. The van der Waals surface area contributed by atoms with E-state index in [2.05, 4.69) is 29.1 Å². The fourth-order valence-electron chi connectivity index (χ4n) is 1.67. The lowest BCUT2D eigenvalue weighted by molar-refractivity contribution is 0.285. The van der Waals surface area contributed by atoms with Gasteiger partial charge in [0.2, 0.25) is 0 Å². The fourth-order valence-corrected chi connectivity index (χ4v) is 2.26. The molecule has 1 N–H and O–H groups in total. The maximum atomic E-state index is 3.53. The molecule has 0 bridgehead atoms.